The maximum Gasteiger partial charge on any atom is 0.130 e. The van der Waals surface area contributed by atoms with E-state index in [0.29, 0.717) is 6.04 Å². The fourth-order valence-corrected chi connectivity index (χ4v) is 2.00. The van der Waals surface area contributed by atoms with Crippen LogP contribution in [0.3, 0.4) is 0 Å². The van der Waals surface area contributed by atoms with Crippen LogP contribution in [-0.2, 0) is 6.42 Å². The molecular weight excluding hydrogens is 172 g/mol. The standard InChI is InChI=1S/C12H11N2/c1-8-6-10-7-9-4-2-3-5-11(9)14-12(10)13-8/h2,4-5,7-8H,6H2,1H3,(H,13,14)/t8-/m1/s1. The zero-order valence-electron chi connectivity index (χ0n) is 8.04. The van der Waals surface area contributed by atoms with Crippen molar-refractivity contribution >= 4 is 16.7 Å². The quantitative estimate of drug-likeness (QED) is 0.678. The molecule has 1 aliphatic rings. The van der Waals surface area contributed by atoms with Gasteiger partial charge in [0.05, 0.1) is 5.52 Å². The lowest BCUT2D eigenvalue weighted by atomic mass is 10.1. The molecule has 1 atom stereocenters. The van der Waals surface area contributed by atoms with Gasteiger partial charge in [0.1, 0.15) is 5.82 Å². The maximum atomic E-state index is 4.56. The van der Waals surface area contributed by atoms with Crippen molar-refractivity contribution in [2.75, 3.05) is 5.32 Å². The van der Waals surface area contributed by atoms with E-state index in [4.69, 9.17) is 0 Å². The summed E-state index contributed by atoms with van der Waals surface area (Å²) in [4.78, 5) is 4.56. The van der Waals surface area contributed by atoms with Crippen molar-refractivity contribution in [3.63, 3.8) is 0 Å². The average molecular weight is 183 g/mol. The van der Waals surface area contributed by atoms with E-state index in [1.165, 1.54) is 10.9 Å². The van der Waals surface area contributed by atoms with Crippen molar-refractivity contribution in [2.45, 2.75) is 19.4 Å². The molecule has 2 heteroatoms. The van der Waals surface area contributed by atoms with Crippen LogP contribution >= 0.6 is 0 Å². The first kappa shape index (κ1) is 7.80. The summed E-state index contributed by atoms with van der Waals surface area (Å²) < 4.78 is 0. The Balaban J connectivity index is 2.27. The molecule has 3 rings (SSSR count). The molecule has 1 aliphatic heterocycles. The van der Waals surface area contributed by atoms with Crippen LogP contribution in [0.2, 0.25) is 0 Å². The first-order chi connectivity index (χ1) is 6.83. The second-order valence-electron chi connectivity index (χ2n) is 3.86. The zero-order chi connectivity index (χ0) is 9.54. The van der Waals surface area contributed by atoms with Gasteiger partial charge in [-0.15, -0.1) is 0 Å². The topological polar surface area (TPSA) is 24.9 Å². The molecule has 0 aliphatic carbocycles. The number of rotatable bonds is 0. The smallest absolute Gasteiger partial charge is 0.130 e. The van der Waals surface area contributed by atoms with Crippen LogP contribution < -0.4 is 5.32 Å². The largest absolute Gasteiger partial charge is 0.367 e. The van der Waals surface area contributed by atoms with Crippen LogP contribution in [-0.4, -0.2) is 11.0 Å². The van der Waals surface area contributed by atoms with Gasteiger partial charge in [0.15, 0.2) is 0 Å². The van der Waals surface area contributed by atoms with Gasteiger partial charge in [-0.05, 0) is 37.1 Å². The highest BCUT2D eigenvalue weighted by atomic mass is 15.0. The molecule has 2 aromatic rings. The van der Waals surface area contributed by atoms with E-state index in [1.54, 1.807) is 0 Å². The van der Waals surface area contributed by atoms with Gasteiger partial charge in [0.25, 0.3) is 0 Å². The Morgan fingerprint density at radius 2 is 2.50 bits per heavy atom. The van der Waals surface area contributed by atoms with E-state index in [-0.39, 0.29) is 0 Å². The minimum absolute atomic E-state index is 0.512. The number of hydrogen-bond donors (Lipinski definition) is 1. The monoisotopic (exact) mass is 183 g/mol. The molecular formula is C12H11N2. The highest BCUT2D eigenvalue weighted by molar-refractivity contribution is 5.82. The first-order valence-electron chi connectivity index (χ1n) is 4.89. The molecule has 0 unspecified atom stereocenters. The molecule has 2 heterocycles. The van der Waals surface area contributed by atoms with Gasteiger partial charge in [0.2, 0.25) is 0 Å². The molecule has 1 aromatic heterocycles. The molecule has 14 heavy (non-hydrogen) atoms. The summed E-state index contributed by atoms with van der Waals surface area (Å²) in [5.41, 5.74) is 2.35. The molecule has 69 valence electrons. The number of pyridine rings is 1. The number of anilines is 1. The van der Waals surface area contributed by atoms with Crippen molar-refractivity contribution in [2.24, 2.45) is 0 Å². The van der Waals surface area contributed by atoms with Crippen molar-refractivity contribution in [3.05, 3.63) is 35.9 Å². The first-order valence-corrected chi connectivity index (χ1v) is 4.89. The van der Waals surface area contributed by atoms with Gasteiger partial charge in [-0.2, -0.15) is 0 Å². The Kier molecular flexibility index (Phi) is 1.51. The third-order valence-corrected chi connectivity index (χ3v) is 2.65. The number of nitrogens with one attached hydrogen (secondary N) is 1. The van der Waals surface area contributed by atoms with Crippen LogP contribution in [0.4, 0.5) is 5.82 Å². The summed E-state index contributed by atoms with van der Waals surface area (Å²) in [5.74, 6) is 1.05. The van der Waals surface area contributed by atoms with Crippen molar-refractivity contribution in [3.8, 4) is 0 Å². The predicted octanol–water partition coefficient (Wildman–Crippen LogP) is 2.39. The second-order valence-corrected chi connectivity index (χ2v) is 3.86. The molecule has 1 aromatic carbocycles. The van der Waals surface area contributed by atoms with Gasteiger partial charge < -0.3 is 5.32 Å². The summed E-state index contributed by atoms with van der Waals surface area (Å²) in [5, 5.41) is 4.57. The molecule has 0 saturated heterocycles. The molecule has 0 spiro atoms. The van der Waals surface area contributed by atoms with Gasteiger partial charge in [-0.1, -0.05) is 12.1 Å². The lowest BCUT2D eigenvalue weighted by molar-refractivity contribution is 0.839. The summed E-state index contributed by atoms with van der Waals surface area (Å²) in [7, 11) is 0. The number of aromatic nitrogens is 1. The number of nitrogens with zero attached hydrogens (tertiary/aromatic N) is 1. The van der Waals surface area contributed by atoms with Crippen LogP contribution in [0.15, 0.2) is 24.3 Å². The fourth-order valence-electron chi connectivity index (χ4n) is 2.00. The minimum atomic E-state index is 0.512. The van der Waals surface area contributed by atoms with E-state index in [1.807, 2.05) is 12.1 Å². The Labute approximate surface area is 83.0 Å². The molecule has 0 fully saturated rings. The van der Waals surface area contributed by atoms with Crippen LogP contribution in [0.5, 0.6) is 0 Å². The molecule has 1 N–H and O–H groups in total. The fraction of sp³-hybridized carbons (Fsp3) is 0.250. The zero-order valence-corrected chi connectivity index (χ0v) is 8.04. The number of benzene rings is 1. The lowest BCUT2D eigenvalue weighted by Gasteiger charge is -2.02. The van der Waals surface area contributed by atoms with Crippen LogP contribution in [0.1, 0.15) is 12.5 Å². The molecule has 0 saturated carbocycles. The SMILES string of the molecule is C[C@@H]1Cc2cc3cc[c]cc3nc2N1. The minimum Gasteiger partial charge on any atom is -0.367 e. The van der Waals surface area contributed by atoms with Crippen molar-refractivity contribution in [1.82, 2.24) is 4.98 Å². The highest BCUT2D eigenvalue weighted by Gasteiger charge is 2.17. The van der Waals surface area contributed by atoms with E-state index >= 15 is 0 Å². The van der Waals surface area contributed by atoms with Crippen LogP contribution in [0, 0.1) is 6.07 Å². The van der Waals surface area contributed by atoms with Crippen molar-refractivity contribution < 1.29 is 0 Å². The Hall–Kier alpha value is -1.57. The Morgan fingerprint density at radius 1 is 1.57 bits per heavy atom. The third-order valence-electron chi connectivity index (χ3n) is 2.65. The van der Waals surface area contributed by atoms with E-state index in [0.717, 1.165) is 17.8 Å². The maximum absolute atomic E-state index is 4.56. The normalized spacial score (nSPS) is 19.4. The Bertz CT molecular complexity index is 446. The Morgan fingerprint density at radius 3 is 3.43 bits per heavy atom. The van der Waals surface area contributed by atoms with Gasteiger partial charge in [-0.3, -0.25) is 0 Å². The van der Waals surface area contributed by atoms with E-state index in [9.17, 15) is 0 Å². The second kappa shape index (κ2) is 2.71. The predicted molar refractivity (Wildman–Crippen MR) is 57.4 cm³/mol. The summed E-state index contributed by atoms with van der Waals surface area (Å²) in [6.07, 6.45) is 1.08. The van der Waals surface area contributed by atoms with Crippen LogP contribution in [0.25, 0.3) is 10.9 Å². The molecule has 0 bridgehead atoms. The van der Waals surface area contributed by atoms with Gasteiger partial charge in [-0.25, -0.2) is 4.98 Å². The summed E-state index contributed by atoms with van der Waals surface area (Å²) in [6, 6.07) is 11.7. The lowest BCUT2D eigenvalue weighted by Crippen LogP contribution is -2.08. The van der Waals surface area contributed by atoms with E-state index in [2.05, 4.69) is 35.4 Å². The van der Waals surface area contributed by atoms with E-state index < -0.39 is 0 Å². The van der Waals surface area contributed by atoms with Gasteiger partial charge >= 0.3 is 0 Å². The summed E-state index contributed by atoms with van der Waals surface area (Å²) in [6.45, 7) is 2.18. The number of fused-ring (bicyclic) bond motifs is 2. The average Bonchev–Trinajstić information content (AvgIpc) is 2.53. The molecule has 2 nitrogen and oxygen atoms in total. The number of hydrogen-bond acceptors (Lipinski definition) is 2. The molecule has 1 radical (unpaired) electrons. The van der Waals surface area contributed by atoms with Gasteiger partial charge in [0, 0.05) is 11.4 Å². The highest BCUT2D eigenvalue weighted by Crippen LogP contribution is 2.26. The van der Waals surface area contributed by atoms with Crippen molar-refractivity contribution in [1.29, 1.82) is 0 Å². The molecule has 0 amide bonds. The summed E-state index contributed by atoms with van der Waals surface area (Å²) >= 11 is 0. The third kappa shape index (κ3) is 1.07.